The first-order valence-electron chi connectivity index (χ1n) is 7.88. The molecule has 1 aliphatic heterocycles. The van der Waals surface area contributed by atoms with Gasteiger partial charge in [-0.1, -0.05) is 31.1 Å². The summed E-state index contributed by atoms with van der Waals surface area (Å²) < 4.78 is 10.8. The molecule has 1 aromatic heterocycles. The fourth-order valence-corrected chi connectivity index (χ4v) is 2.92. The number of hydrogen-bond donors (Lipinski definition) is 0. The van der Waals surface area contributed by atoms with Crippen LogP contribution in [0.4, 0.5) is 0 Å². The molecular weight excluding hydrogens is 278 g/mol. The van der Waals surface area contributed by atoms with Crippen LogP contribution in [0, 0.1) is 0 Å². The molecule has 118 valence electrons. The van der Waals surface area contributed by atoms with Crippen molar-refractivity contribution in [2.45, 2.75) is 45.2 Å². The minimum Gasteiger partial charge on any atom is -0.497 e. The van der Waals surface area contributed by atoms with Gasteiger partial charge in [-0.2, -0.15) is 4.98 Å². The van der Waals surface area contributed by atoms with E-state index in [-0.39, 0.29) is 6.04 Å². The Morgan fingerprint density at radius 1 is 1.41 bits per heavy atom. The van der Waals surface area contributed by atoms with Crippen LogP contribution in [-0.4, -0.2) is 28.7 Å². The molecule has 2 heterocycles. The molecule has 0 spiro atoms. The monoisotopic (exact) mass is 301 g/mol. The van der Waals surface area contributed by atoms with Gasteiger partial charge in [-0.15, -0.1) is 0 Å². The van der Waals surface area contributed by atoms with Gasteiger partial charge < -0.3 is 9.26 Å². The zero-order valence-corrected chi connectivity index (χ0v) is 13.5. The molecule has 1 aliphatic rings. The van der Waals surface area contributed by atoms with Crippen molar-refractivity contribution in [1.29, 1.82) is 0 Å². The summed E-state index contributed by atoms with van der Waals surface area (Å²) in [7, 11) is 1.70. The van der Waals surface area contributed by atoms with E-state index in [0.717, 1.165) is 43.4 Å². The van der Waals surface area contributed by atoms with Gasteiger partial charge in [0.05, 0.1) is 13.2 Å². The standard InChI is InChI=1S/C17H23N3O2/c1-12(2)16-18-17(22-19-16)15-8-5-9-20(15)11-13-6-4-7-14(10-13)21-3/h4,6-7,10,12,15H,5,8-9,11H2,1-3H3/t15-/m0/s1. The lowest BCUT2D eigenvalue weighted by Crippen LogP contribution is -2.23. The zero-order chi connectivity index (χ0) is 15.5. The Hall–Kier alpha value is -1.88. The van der Waals surface area contributed by atoms with Crippen molar-refractivity contribution >= 4 is 0 Å². The lowest BCUT2D eigenvalue weighted by molar-refractivity contribution is 0.200. The van der Waals surface area contributed by atoms with Crippen LogP contribution >= 0.6 is 0 Å². The average molecular weight is 301 g/mol. The largest absolute Gasteiger partial charge is 0.497 e. The zero-order valence-electron chi connectivity index (χ0n) is 13.5. The highest BCUT2D eigenvalue weighted by molar-refractivity contribution is 5.28. The molecule has 2 aromatic rings. The number of methoxy groups -OCH3 is 1. The van der Waals surface area contributed by atoms with Gasteiger partial charge in [0.2, 0.25) is 5.89 Å². The maximum Gasteiger partial charge on any atom is 0.244 e. The Kier molecular flexibility index (Phi) is 4.43. The lowest BCUT2D eigenvalue weighted by atomic mass is 10.1. The quantitative estimate of drug-likeness (QED) is 0.845. The summed E-state index contributed by atoms with van der Waals surface area (Å²) in [6.07, 6.45) is 2.23. The van der Waals surface area contributed by atoms with E-state index in [2.05, 4.69) is 41.0 Å². The third kappa shape index (κ3) is 3.14. The summed E-state index contributed by atoms with van der Waals surface area (Å²) in [6.45, 7) is 6.09. The SMILES string of the molecule is COc1cccc(CN2CCC[C@H]2c2nc(C(C)C)no2)c1. The molecule has 0 bridgehead atoms. The minimum absolute atomic E-state index is 0.228. The van der Waals surface area contributed by atoms with E-state index in [1.807, 2.05) is 12.1 Å². The van der Waals surface area contributed by atoms with Gasteiger partial charge in [0.1, 0.15) is 5.75 Å². The highest BCUT2D eigenvalue weighted by Gasteiger charge is 2.30. The number of ether oxygens (including phenoxy) is 1. The Balaban J connectivity index is 1.74. The molecule has 5 heteroatoms. The van der Waals surface area contributed by atoms with Gasteiger partial charge in [-0.25, -0.2) is 0 Å². The van der Waals surface area contributed by atoms with Crippen molar-refractivity contribution in [3.63, 3.8) is 0 Å². The number of likely N-dealkylation sites (tertiary alicyclic amines) is 1. The Labute approximate surface area is 131 Å². The number of aromatic nitrogens is 2. The Bertz CT molecular complexity index is 624. The van der Waals surface area contributed by atoms with E-state index in [4.69, 9.17) is 9.26 Å². The summed E-state index contributed by atoms with van der Waals surface area (Å²) in [5.41, 5.74) is 1.25. The van der Waals surface area contributed by atoms with Gasteiger partial charge in [-0.3, -0.25) is 4.90 Å². The number of hydrogen-bond acceptors (Lipinski definition) is 5. The first-order valence-corrected chi connectivity index (χ1v) is 7.88. The summed E-state index contributed by atoms with van der Waals surface area (Å²) in [5.74, 6) is 2.74. The predicted molar refractivity (Wildman–Crippen MR) is 83.8 cm³/mol. The third-order valence-electron chi connectivity index (χ3n) is 4.14. The van der Waals surface area contributed by atoms with E-state index in [1.165, 1.54) is 5.56 Å². The van der Waals surface area contributed by atoms with Gasteiger partial charge >= 0.3 is 0 Å². The fourth-order valence-electron chi connectivity index (χ4n) is 2.92. The molecule has 0 aliphatic carbocycles. The molecule has 1 saturated heterocycles. The molecule has 5 nitrogen and oxygen atoms in total. The third-order valence-corrected chi connectivity index (χ3v) is 4.14. The normalized spacial score (nSPS) is 19.0. The topological polar surface area (TPSA) is 51.4 Å². The van der Waals surface area contributed by atoms with Crippen LogP contribution in [0.15, 0.2) is 28.8 Å². The van der Waals surface area contributed by atoms with Crippen molar-refractivity contribution in [3.8, 4) is 5.75 Å². The van der Waals surface area contributed by atoms with Crippen LogP contribution in [0.1, 0.15) is 55.9 Å². The van der Waals surface area contributed by atoms with Crippen molar-refractivity contribution in [2.75, 3.05) is 13.7 Å². The van der Waals surface area contributed by atoms with Gasteiger partial charge in [0.25, 0.3) is 0 Å². The first-order chi connectivity index (χ1) is 10.7. The summed E-state index contributed by atoms with van der Waals surface area (Å²) in [5, 5.41) is 4.10. The van der Waals surface area contributed by atoms with E-state index in [0.29, 0.717) is 5.92 Å². The highest BCUT2D eigenvalue weighted by atomic mass is 16.5. The fraction of sp³-hybridized carbons (Fsp3) is 0.529. The second kappa shape index (κ2) is 6.48. The molecule has 1 aromatic carbocycles. The van der Waals surface area contributed by atoms with E-state index >= 15 is 0 Å². The molecule has 0 amide bonds. The summed E-state index contributed by atoms with van der Waals surface area (Å²) in [4.78, 5) is 6.98. The first kappa shape index (κ1) is 15.0. The second-order valence-corrected chi connectivity index (χ2v) is 6.13. The summed E-state index contributed by atoms with van der Waals surface area (Å²) >= 11 is 0. The summed E-state index contributed by atoms with van der Waals surface area (Å²) in [6, 6.07) is 8.44. The van der Waals surface area contributed by atoms with Crippen LogP contribution < -0.4 is 4.74 Å². The van der Waals surface area contributed by atoms with Crippen molar-refractivity contribution in [3.05, 3.63) is 41.5 Å². The van der Waals surface area contributed by atoms with Crippen LogP contribution in [0.25, 0.3) is 0 Å². The van der Waals surface area contributed by atoms with Gasteiger partial charge in [-0.05, 0) is 37.1 Å². The molecule has 22 heavy (non-hydrogen) atoms. The van der Waals surface area contributed by atoms with Crippen molar-refractivity contribution in [1.82, 2.24) is 15.0 Å². The smallest absolute Gasteiger partial charge is 0.244 e. The minimum atomic E-state index is 0.228. The molecule has 1 atom stereocenters. The molecule has 0 N–H and O–H groups in total. The number of rotatable bonds is 5. The number of benzene rings is 1. The van der Waals surface area contributed by atoms with Gasteiger partial charge in [0.15, 0.2) is 5.82 Å². The second-order valence-electron chi connectivity index (χ2n) is 6.13. The molecule has 0 saturated carbocycles. The van der Waals surface area contributed by atoms with Crippen LogP contribution in [0.5, 0.6) is 5.75 Å². The van der Waals surface area contributed by atoms with Gasteiger partial charge in [0, 0.05) is 12.5 Å². The maximum atomic E-state index is 5.50. The molecule has 1 fully saturated rings. The van der Waals surface area contributed by atoms with Crippen LogP contribution in [0.3, 0.4) is 0 Å². The molecular formula is C17H23N3O2. The molecule has 0 radical (unpaired) electrons. The van der Waals surface area contributed by atoms with E-state index in [9.17, 15) is 0 Å². The highest BCUT2D eigenvalue weighted by Crippen LogP contribution is 2.33. The molecule has 0 unspecified atom stereocenters. The lowest BCUT2D eigenvalue weighted by Gasteiger charge is -2.21. The van der Waals surface area contributed by atoms with E-state index in [1.54, 1.807) is 7.11 Å². The van der Waals surface area contributed by atoms with Crippen molar-refractivity contribution in [2.24, 2.45) is 0 Å². The maximum absolute atomic E-state index is 5.50. The average Bonchev–Trinajstić information content (AvgIpc) is 3.16. The predicted octanol–water partition coefficient (Wildman–Crippen LogP) is 3.54. The van der Waals surface area contributed by atoms with E-state index < -0.39 is 0 Å². The Morgan fingerprint density at radius 2 is 2.27 bits per heavy atom. The number of nitrogens with zero attached hydrogens (tertiary/aromatic N) is 3. The van der Waals surface area contributed by atoms with Crippen LogP contribution in [-0.2, 0) is 6.54 Å². The Morgan fingerprint density at radius 3 is 3.00 bits per heavy atom. The van der Waals surface area contributed by atoms with Crippen LogP contribution in [0.2, 0.25) is 0 Å². The molecule has 3 rings (SSSR count). The van der Waals surface area contributed by atoms with Crippen molar-refractivity contribution < 1.29 is 9.26 Å².